The molecule has 0 spiro atoms. The van der Waals surface area contributed by atoms with Crippen LogP contribution in [0.5, 0.6) is 5.75 Å². The van der Waals surface area contributed by atoms with Gasteiger partial charge >= 0.3 is 0 Å². The average Bonchev–Trinajstić information content (AvgIpc) is 2.63. The molecule has 0 N–H and O–H groups in total. The van der Waals surface area contributed by atoms with Gasteiger partial charge < -0.3 is 4.74 Å². The summed E-state index contributed by atoms with van der Waals surface area (Å²) in [4.78, 5) is 0. The Labute approximate surface area is 142 Å². The van der Waals surface area contributed by atoms with Gasteiger partial charge in [0.05, 0.1) is 7.11 Å². The van der Waals surface area contributed by atoms with E-state index in [-0.39, 0.29) is 0 Å². The highest BCUT2D eigenvalue weighted by atomic mass is 16.5. The summed E-state index contributed by atoms with van der Waals surface area (Å²) in [5.41, 5.74) is 1.52. The predicted molar refractivity (Wildman–Crippen MR) is 98.0 cm³/mol. The predicted octanol–water partition coefficient (Wildman–Crippen LogP) is 6.58. The summed E-state index contributed by atoms with van der Waals surface area (Å²) in [6, 6.07) is 8.80. The third kappa shape index (κ3) is 4.31. The number of hydrogen-bond acceptors (Lipinski definition) is 1. The lowest BCUT2D eigenvalue weighted by molar-refractivity contribution is 0.156. The minimum Gasteiger partial charge on any atom is -0.497 e. The second-order valence-electron chi connectivity index (χ2n) is 7.95. The zero-order valence-corrected chi connectivity index (χ0v) is 15.1. The molecule has 23 heavy (non-hydrogen) atoms. The fourth-order valence-electron chi connectivity index (χ4n) is 5.16. The third-order valence-electron chi connectivity index (χ3n) is 6.61. The van der Waals surface area contributed by atoms with Crippen molar-refractivity contribution in [2.24, 2.45) is 17.8 Å². The standard InChI is InChI=1S/C22H34O/c1-3-4-17-5-7-18(8-6-17)19-9-11-20(12-10-19)21-13-15-22(23-2)16-14-21/h13-20H,3-12H2,1-2H3/t17-,18-,19-,20-. The van der Waals surface area contributed by atoms with Gasteiger partial charge in [0.1, 0.15) is 5.75 Å². The average molecular weight is 315 g/mol. The molecule has 3 rings (SSSR count). The lowest BCUT2D eigenvalue weighted by atomic mass is 9.68. The Bertz CT molecular complexity index is 447. The van der Waals surface area contributed by atoms with E-state index < -0.39 is 0 Å². The molecular weight excluding hydrogens is 280 g/mol. The van der Waals surface area contributed by atoms with Crippen LogP contribution in [0.2, 0.25) is 0 Å². The van der Waals surface area contributed by atoms with Crippen molar-refractivity contribution in [3.8, 4) is 5.75 Å². The zero-order chi connectivity index (χ0) is 16.1. The van der Waals surface area contributed by atoms with E-state index in [0.29, 0.717) is 0 Å². The van der Waals surface area contributed by atoms with Gasteiger partial charge in [-0.05, 0) is 79.9 Å². The number of hydrogen-bond donors (Lipinski definition) is 0. The van der Waals surface area contributed by atoms with E-state index in [1.807, 2.05) is 0 Å². The Morgan fingerprint density at radius 3 is 1.91 bits per heavy atom. The Morgan fingerprint density at radius 1 is 0.826 bits per heavy atom. The number of ether oxygens (including phenoxy) is 1. The van der Waals surface area contributed by atoms with Crippen LogP contribution in [0.15, 0.2) is 24.3 Å². The van der Waals surface area contributed by atoms with Crippen molar-refractivity contribution in [3.05, 3.63) is 29.8 Å². The molecule has 0 heterocycles. The fraction of sp³-hybridized carbons (Fsp3) is 0.727. The Kier molecular flexibility index (Phi) is 6.02. The molecule has 2 saturated carbocycles. The highest BCUT2D eigenvalue weighted by molar-refractivity contribution is 5.29. The van der Waals surface area contributed by atoms with E-state index in [1.54, 1.807) is 7.11 Å². The molecular formula is C22H34O. The number of rotatable bonds is 5. The lowest BCUT2D eigenvalue weighted by Crippen LogP contribution is -2.25. The third-order valence-corrected chi connectivity index (χ3v) is 6.61. The molecule has 1 heteroatoms. The van der Waals surface area contributed by atoms with Gasteiger partial charge in [0.25, 0.3) is 0 Å². The molecule has 0 aromatic heterocycles. The van der Waals surface area contributed by atoms with Crippen molar-refractivity contribution in [2.45, 2.75) is 77.0 Å². The molecule has 2 aliphatic rings. The maximum absolute atomic E-state index is 5.28. The van der Waals surface area contributed by atoms with E-state index in [4.69, 9.17) is 4.74 Å². The number of methoxy groups -OCH3 is 1. The Hall–Kier alpha value is -0.980. The van der Waals surface area contributed by atoms with Gasteiger partial charge in [-0.25, -0.2) is 0 Å². The summed E-state index contributed by atoms with van der Waals surface area (Å²) < 4.78 is 5.28. The maximum atomic E-state index is 5.28. The van der Waals surface area contributed by atoms with Crippen molar-refractivity contribution < 1.29 is 4.74 Å². The van der Waals surface area contributed by atoms with Gasteiger partial charge in [-0.1, -0.05) is 44.7 Å². The SMILES string of the molecule is CCC[C@H]1CC[C@H]([C@H]2CC[C@H](c3ccc(OC)cc3)CC2)CC1. The zero-order valence-electron chi connectivity index (χ0n) is 15.1. The van der Waals surface area contributed by atoms with Gasteiger partial charge in [0.15, 0.2) is 0 Å². The summed E-state index contributed by atoms with van der Waals surface area (Å²) >= 11 is 0. The smallest absolute Gasteiger partial charge is 0.118 e. The van der Waals surface area contributed by atoms with Crippen molar-refractivity contribution in [1.82, 2.24) is 0 Å². The molecule has 1 aromatic rings. The van der Waals surface area contributed by atoms with Gasteiger partial charge in [-0.3, -0.25) is 0 Å². The summed E-state index contributed by atoms with van der Waals surface area (Å²) in [6.07, 6.45) is 14.6. The number of benzene rings is 1. The molecule has 1 nitrogen and oxygen atoms in total. The highest BCUT2D eigenvalue weighted by Crippen LogP contribution is 2.44. The summed E-state index contributed by atoms with van der Waals surface area (Å²) in [5, 5.41) is 0. The molecule has 2 aliphatic carbocycles. The quantitative estimate of drug-likeness (QED) is 0.596. The van der Waals surface area contributed by atoms with Crippen LogP contribution in [0, 0.1) is 17.8 Å². The Balaban J connectivity index is 1.46. The van der Waals surface area contributed by atoms with Gasteiger partial charge in [-0.15, -0.1) is 0 Å². The molecule has 128 valence electrons. The first-order valence-corrected chi connectivity index (χ1v) is 9.94. The van der Waals surface area contributed by atoms with Crippen LogP contribution in [0.25, 0.3) is 0 Å². The first-order chi connectivity index (χ1) is 11.3. The molecule has 0 aliphatic heterocycles. The first-order valence-electron chi connectivity index (χ1n) is 9.94. The van der Waals surface area contributed by atoms with Gasteiger partial charge in [0.2, 0.25) is 0 Å². The van der Waals surface area contributed by atoms with Gasteiger partial charge in [-0.2, -0.15) is 0 Å². The van der Waals surface area contributed by atoms with Crippen LogP contribution >= 0.6 is 0 Å². The van der Waals surface area contributed by atoms with Crippen LogP contribution in [0.3, 0.4) is 0 Å². The van der Waals surface area contributed by atoms with Crippen molar-refractivity contribution >= 4 is 0 Å². The minimum absolute atomic E-state index is 0.786. The Morgan fingerprint density at radius 2 is 1.39 bits per heavy atom. The van der Waals surface area contributed by atoms with Crippen LogP contribution < -0.4 is 4.74 Å². The van der Waals surface area contributed by atoms with Crippen molar-refractivity contribution in [3.63, 3.8) is 0 Å². The largest absolute Gasteiger partial charge is 0.497 e. The highest BCUT2D eigenvalue weighted by Gasteiger charge is 2.30. The summed E-state index contributed by atoms with van der Waals surface area (Å²) in [6.45, 7) is 2.34. The molecule has 1 aromatic carbocycles. The van der Waals surface area contributed by atoms with Crippen LogP contribution in [-0.2, 0) is 0 Å². The van der Waals surface area contributed by atoms with E-state index >= 15 is 0 Å². The normalized spacial score (nSPS) is 31.7. The maximum Gasteiger partial charge on any atom is 0.118 e. The lowest BCUT2D eigenvalue weighted by Gasteiger charge is -2.38. The van der Waals surface area contributed by atoms with Gasteiger partial charge in [0, 0.05) is 0 Å². The summed E-state index contributed by atoms with van der Waals surface area (Å²) in [7, 11) is 1.75. The van der Waals surface area contributed by atoms with E-state index in [9.17, 15) is 0 Å². The van der Waals surface area contributed by atoms with Crippen LogP contribution in [-0.4, -0.2) is 7.11 Å². The molecule has 0 saturated heterocycles. The van der Waals surface area contributed by atoms with Crippen LogP contribution in [0.1, 0.15) is 82.6 Å². The van der Waals surface area contributed by atoms with E-state index in [0.717, 1.165) is 29.4 Å². The molecule has 0 unspecified atom stereocenters. The molecule has 2 fully saturated rings. The molecule has 0 bridgehead atoms. The monoisotopic (exact) mass is 314 g/mol. The van der Waals surface area contributed by atoms with E-state index in [2.05, 4.69) is 31.2 Å². The van der Waals surface area contributed by atoms with Crippen molar-refractivity contribution in [1.29, 1.82) is 0 Å². The van der Waals surface area contributed by atoms with Crippen LogP contribution in [0.4, 0.5) is 0 Å². The van der Waals surface area contributed by atoms with Crippen molar-refractivity contribution in [2.75, 3.05) is 7.11 Å². The second kappa shape index (κ2) is 8.22. The summed E-state index contributed by atoms with van der Waals surface area (Å²) in [5.74, 6) is 4.87. The fourth-order valence-corrected chi connectivity index (χ4v) is 5.16. The minimum atomic E-state index is 0.786. The molecule has 0 radical (unpaired) electrons. The van der Waals surface area contributed by atoms with E-state index in [1.165, 1.54) is 69.8 Å². The molecule has 0 atom stereocenters. The second-order valence-corrected chi connectivity index (χ2v) is 7.95. The first kappa shape index (κ1) is 16.9. The topological polar surface area (TPSA) is 9.23 Å². The molecule has 0 amide bonds.